The smallest absolute Gasteiger partial charge is 0.240 e. The minimum atomic E-state index is -3.63. The van der Waals surface area contributed by atoms with Crippen LogP contribution in [0.3, 0.4) is 0 Å². The summed E-state index contributed by atoms with van der Waals surface area (Å²) in [5.41, 5.74) is 2.61. The second-order valence-corrected chi connectivity index (χ2v) is 9.04. The van der Waals surface area contributed by atoms with Crippen LogP contribution in [0.15, 0.2) is 42.5 Å². The first-order valence-corrected chi connectivity index (χ1v) is 11.7. The number of sulfonamides is 1. The lowest BCUT2D eigenvalue weighted by molar-refractivity contribution is -0.119. The predicted octanol–water partition coefficient (Wildman–Crippen LogP) is 3.05. The first kappa shape index (κ1) is 23.5. The minimum absolute atomic E-state index is 0.271. The number of nitrogens with zero attached hydrogens (tertiary/aromatic N) is 1. The van der Waals surface area contributed by atoms with E-state index in [1.165, 1.54) is 0 Å². The van der Waals surface area contributed by atoms with Crippen LogP contribution in [0, 0.1) is 13.8 Å². The maximum atomic E-state index is 12.3. The van der Waals surface area contributed by atoms with Crippen molar-refractivity contribution < 1.29 is 22.7 Å². The molecule has 1 amide bonds. The molecule has 0 aliphatic carbocycles. The van der Waals surface area contributed by atoms with Crippen LogP contribution in [-0.2, 0) is 14.8 Å². The van der Waals surface area contributed by atoms with Gasteiger partial charge in [0.25, 0.3) is 0 Å². The van der Waals surface area contributed by atoms with Crippen molar-refractivity contribution in [1.82, 2.24) is 5.32 Å². The van der Waals surface area contributed by atoms with E-state index in [-0.39, 0.29) is 19.7 Å². The highest BCUT2D eigenvalue weighted by atomic mass is 32.2. The molecule has 2 aromatic rings. The molecule has 0 unspecified atom stereocenters. The predicted molar refractivity (Wildman–Crippen MR) is 119 cm³/mol. The molecule has 164 valence electrons. The second kappa shape index (κ2) is 10.9. The number of hydrogen-bond acceptors (Lipinski definition) is 5. The van der Waals surface area contributed by atoms with Crippen LogP contribution in [0.5, 0.6) is 11.5 Å². The van der Waals surface area contributed by atoms with Crippen molar-refractivity contribution in [3.63, 3.8) is 0 Å². The quantitative estimate of drug-likeness (QED) is 0.550. The molecule has 30 heavy (non-hydrogen) atoms. The van der Waals surface area contributed by atoms with Gasteiger partial charge in [-0.3, -0.25) is 9.10 Å². The summed E-state index contributed by atoms with van der Waals surface area (Å²) in [4.78, 5) is 12.3. The molecule has 0 heterocycles. The van der Waals surface area contributed by atoms with Crippen molar-refractivity contribution in [3.8, 4) is 11.5 Å². The molecule has 2 aromatic carbocycles. The van der Waals surface area contributed by atoms with E-state index in [9.17, 15) is 13.2 Å². The van der Waals surface area contributed by atoms with Gasteiger partial charge < -0.3 is 14.8 Å². The van der Waals surface area contributed by atoms with Crippen molar-refractivity contribution >= 4 is 21.6 Å². The van der Waals surface area contributed by atoms with E-state index < -0.39 is 15.9 Å². The molecule has 0 fully saturated rings. The van der Waals surface area contributed by atoms with E-state index in [0.29, 0.717) is 18.0 Å². The summed E-state index contributed by atoms with van der Waals surface area (Å²) < 4.78 is 36.6. The van der Waals surface area contributed by atoms with Gasteiger partial charge in [-0.15, -0.1) is 0 Å². The topological polar surface area (TPSA) is 84.9 Å². The summed E-state index contributed by atoms with van der Waals surface area (Å²) in [5.74, 6) is 0.989. The number of anilines is 1. The Hall–Kier alpha value is -2.74. The molecule has 0 aromatic heterocycles. The van der Waals surface area contributed by atoms with E-state index in [0.717, 1.165) is 33.9 Å². The molecule has 1 N–H and O–H groups in total. The summed E-state index contributed by atoms with van der Waals surface area (Å²) in [6.45, 7) is 6.82. The number of ether oxygens (including phenoxy) is 2. The molecular formula is C22H30N2O5S. The number of nitrogens with one attached hydrogen (secondary N) is 1. The minimum Gasteiger partial charge on any atom is -0.494 e. The van der Waals surface area contributed by atoms with E-state index in [4.69, 9.17) is 9.47 Å². The number of carbonyl (C=O) groups excluding carboxylic acids is 1. The Morgan fingerprint density at radius 2 is 1.57 bits per heavy atom. The Labute approximate surface area is 179 Å². The lowest BCUT2D eigenvalue weighted by atomic mass is 10.1. The molecule has 0 atom stereocenters. The highest BCUT2D eigenvalue weighted by Crippen LogP contribution is 2.21. The molecule has 8 heteroatoms. The fourth-order valence-electron chi connectivity index (χ4n) is 2.89. The summed E-state index contributed by atoms with van der Waals surface area (Å²) in [6.07, 6.45) is 1.95. The summed E-state index contributed by atoms with van der Waals surface area (Å²) in [6, 6.07) is 12.5. The Morgan fingerprint density at radius 1 is 0.967 bits per heavy atom. The van der Waals surface area contributed by atoms with Crippen molar-refractivity contribution in [1.29, 1.82) is 0 Å². The zero-order valence-electron chi connectivity index (χ0n) is 18.0. The number of benzene rings is 2. The van der Waals surface area contributed by atoms with Crippen LogP contribution in [0.4, 0.5) is 5.69 Å². The SMILES string of the molecule is CCCOc1ccc(N(CC(=O)NCCOc2cc(C)cc(C)c2)S(C)(=O)=O)cc1. The first-order valence-electron chi connectivity index (χ1n) is 9.87. The average Bonchev–Trinajstić information content (AvgIpc) is 2.67. The first-order chi connectivity index (χ1) is 14.2. The maximum absolute atomic E-state index is 12.3. The lowest BCUT2D eigenvalue weighted by Gasteiger charge is -2.22. The molecule has 0 bridgehead atoms. The van der Waals surface area contributed by atoms with Crippen molar-refractivity contribution in [2.45, 2.75) is 27.2 Å². The standard InChI is InChI=1S/C22H30N2O5S/c1-5-11-28-20-8-6-19(7-9-20)24(30(4,26)27)16-22(25)23-10-12-29-21-14-17(2)13-18(3)15-21/h6-9,13-15H,5,10-12,16H2,1-4H3,(H,23,25). The normalized spacial score (nSPS) is 11.1. The fourth-order valence-corrected chi connectivity index (χ4v) is 3.75. The van der Waals surface area contributed by atoms with Gasteiger partial charge in [-0.05, 0) is 67.8 Å². The lowest BCUT2D eigenvalue weighted by Crippen LogP contribution is -2.41. The number of aryl methyl sites for hydroxylation is 2. The third kappa shape index (κ3) is 7.59. The molecule has 0 saturated heterocycles. The van der Waals surface area contributed by atoms with Crippen molar-refractivity contribution in [2.24, 2.45) is 0 Å². The Morgan fingerprint density at radius 3 is 2.13 bits per heavy atom. The highest BCUT2D eigenvalue weighted by molar-refractivity contribution is 7.92. The van der Waals surface area contributed by atoms with Crippen molar-refractivity contribution in [2.75, 3.05) is 36.9 Å². The zero-order valence-corrected chi connectivity index (χ0v) is 18.8. The Bertz CT molecular complexity index is 922. The molecule has 0 aliphatic heterocycles. The molecule has 7 nitrogen and oxygen atoms in total. The van der Waals surface area contributed by atoms with Gasteiger partial charge in [0.1, 0.15) is 24.7 Å². The Balaban J connectivity index is 1.90. The van der Waals surface area contributed by atoms with Gasteiger partial charge in [0.2, 0.25) is 15.9 Å². The van der Waals surface area contributed by atoms with Gasteiger partial charge >= 0.3 is 0 Å². The largest absolute Gasteiger partial charge is 0.494 e. The molecule has 0 spiro atoms. The summed E-state index contributed by atoms with van der Waals surface area (Å²) >= 11 is 0. The fraction of sp³-hybridized carbons (Fsp3) is 0.409. The van der Waals surface area contributed by atoms with E-state index in [1.807, 2.05) is 32.9 Å². The van der Waals surface area contributed by atoms with Crippen LogP contribution in [0.1, 0.15) is 24.5 Å². The molecule has 0 aliphatic rings. The zero-order chi connectivity index (χ0) is 22.1. The van der Waals surface area contributed by atoms with Gasteiger partial charge in [-0.1, -0.05) is 13.0 Å². The van der Waals surface area contributed by atoms with E-state index in [1.54, 1.807) is 24.3 Å². The number of carbonyl (C=O) groups is 1. The van der Waals surface area contributed by atoms with E-state index >= 15 is 0 Å². The van der Waals surface area contributed by atoms with Crippen molar-refractivity contribution in [3.05, 3.63) is 53.6 Å². The van der Waals surface area contributed by atoms with Gasteiger partial charge in [-0.25, -0.2) is 8.42 Å². The van der Waals surface area contributed by atoms with Gasteiger partial charge in [-0.2, -0.15) is 0 Å². The summed E-state index contributed by atoms with van der Waals surface area (Å²) in [7, 11) is -3.63. The van der Waals surface area contributed by atoms with Crippen LogP contribution in [0.25, 0.3) is 0 Å². The van der Waals surface area contributed by atoms with Crippen LogP contribution in [0.2, 0.25) is 0 Å². The second-order valence-electron chi connectivity index (χ2n) is 7.13. The van der Waals surface area contributed by atoms with Crippen LogP contribution >= 0.6 is 0 Å². The number of hydrogen-bond donors (Lipinski definition) is 1. The van der Waals surface area contributed by atoms with Gasteiger partial charge in [0, 0.05) is 0 Å². The molecule has 0 saturated carbocycles. The number of rotatable bonds is 11. The van der Waals surface area contributed by atoms with Crippen LogP contribution < -0.4 is 19.1 Å². The van der Waals surface area contributed by atoms with Gasteiger partial charge in [0.15, 0.2) is 0 Å². The monoisotopic (exact) mass is 434 g/mol. The maximum Gasteiger partial charge on any atom is 0.240 e. The Kier molecular flexibility index (Phi) is 8.53. The van der Waals surface area contributed by atoms with E-state index in [2.05, 4.69) is 11.4 Å². The third-order valence-corrected chi connectivity index (χ3v) is 5.31. The number of amides is 1. The molecule has 0 radical (unpaired) electrons. The third-order valence-electron chi connectivity index (χ3n) is 4.17. The molecule has 2 rings (SSSR count). The van der Waals surface area contributed by atoms with Gasteiger partial charge in [0.05, 0.1) is 25.1 Å². The molecular weight excluding hydrogens is 404 g/mol. The highest BCUT2D eigenvalue weighted by Gasteiger charge is 2.20. The van der Waals surface area contributed by atoms with Crippen LogP contribution in [-0.4, -0.2) is 46.9 Å². The average molecular weight is 435 g/mol. The summed E-state index contributed by atoms with van der Waals surface area (Å²) in [5, 5.41) is 2.70.